The smallest absolute Gasteiger partial charge is 0.335 e. The number of anilines is 1. The maximum absolute atomic E-state index is 12.2. The number of aryl methyl sites for hydroxylation is 1. The second-order valence-electron chi connectivity index (χ2n) is 4.89. The Morgan fingerprint density at radius 1 is 1.17 bits per heavy atom. The average molecular weight is 331 g/mol. The number of carboxylic acid groups (broad SMARTS) is 1. The van der Waals surface area contributed by atoms with Crippen LogP contribution in [-0.2, 0) is 16.4 Å². The SMILES string of the molecule is CCc1ccc(C(=O)O)cc1NS(=O)(=O)C=Cc1ccccc1. The predicted molar refractivity (Wildman–Crippen MR) is 90.8 cm³/mol. The van der Waals surface area contributed by atoms with Crippen molar-refractivity contribution in [2.75, 3.05) is 4.72 Å². The van der Waals surface area contributed by atoms with Crippen LogP contribution in [-0.4, -0.2) is 19.5 Å². The molecular weight excluding hydrogens is 314 g/mol. The van der Waals surface area contributed by atoms with Gasteiger partial charge in [0.25, 0.3) is 10.0 Å². The van der Waals surface area contributed by atoms with Crippen LogP contribution in [0.15, 0.2) is 53.9 Å². The number of nitrogens with one attached hydrogen (secondary N) is 1. The fourth-order valence-corrected chi connectivity index (χ4v) is 2.93. The van der Waals surface area contributed by atoms with Crippen LogP contribution < -0.4 is 4.72 Å². The zero-order valence-corrected chi connectivity index (χ0v) is 13.4. The third-order valence-corrected chi connectivity index (χ3v) is 4.23. The number of hydrogen-bond donors (Lipinski definition) is 2. The molecule has 120 valence electrons. The molecule has 0 saturated carbocycles. The van der Waals surface area contributed by atoms with Crippen LogP contribution in [0.3, 0.4) is 0 Å². The van der Waals surface area contributed by atoms with Gasteiger partial charge >= 0.3 is 5.97 Å². The Kier molecular flexibility index (Phi) is 5.18. The Morgan fingerprint density at radius 3 is 2.48 bits per heavy atom. The molecule has 6 heteroatoms. The molecule has 2 aromatic rings. The van der Waals surface area contributed by atoms with Crippen LogP contribution in [0, 0.1) is 0 Å². The summed E-state index contributed by atoms with van der Waals surface area (Å²) in [7, 11) is -3.73. The van der Waals surface area contributed by atoms with Crippen LogP contribution >= 0.6 is 0 Å². The predicted octanol–water partition coefficient (Wildman–Crippen LogP) is 3.36. The van der Waals surface area contributed by atoms with Gasteiger partial charge in [0.1, 0.15) is 0 Å². The lowest BCUT2D eigenvalue weighted by atomic mass is 10.1. The Bertz CT molecular complexity index is 827. The average Bonchev–Trinajstić information content (AvgIpc) is 2.53. The first kappa shape index (κ1) is 16.8. The van der Waals surface area contributed by atoms with Crippen molar-refractivity contribution in [1.29, 1.82) is 0 Å². The van der Waals surface area contributed by atoms with Gasteiger partial charge in [-0.15, -0.1) is 0 Å². The quantitative estimate of drug-likeness (QED) is 0.850. The van der Waals surface area contributed by atoms with Crippen molar-refractivity contribution < 1.29 is 18.3 Å². The first-order valence-corrected chi connectivity index (χ1v) is 8.58. The molecule has 2 rings (SSSR count). The van der Waals surface area contributed by atoms with Crippen molar-refractivity contribution in [3.05, 3.63) is 70.6 Å². The third kappa shape index (κ3) is 4.69. The molecule has 0 aromatic heterocycles. The minimum atomic E-state index is -3.73. The highest BCUT2D eigenvalue weighted by atomic mass is 32.2. The molecule has 0 spiro atoms. The van der Waals surface area contributed by atoms with E-state index in [9.17, 15) is 13.2 Å². The molecule has 0 bridgehead atoms. The van der Waals surface area contributed by atoms with Gasteiger partial charge in [-0.1, -0.05) is 43.3 Å². The Morgan fingerprint density at radius 2 is 1.87 bits per heavy atom. The van der Waals surface area contributed by atoms with Crippen molar-refractivity contribution in [2.45, 2.75) is 13.3 Å². The second kappa shape index (κ2) is 7.11. The van der Waals surface area contributed by atoms with Crippen molar-refractivity contribution in [1.82, 2.24) is 0 Å². The molecule has 5 nitrogen and oxygen atoms in total. The third-order valence-electron chi connectivity index (χ3n) is 3.23. The minimum absolute atomic E-state index is 0.0342. The summed E-state index contributed by atoms with van der Waals surface area (Å²) in [6.07, 6.45) is 2.06. The summed E-state index contributed by atoms with van der Waals surface area (Å²) >= 11 is 0. The Labute approximate surface area is 135 Å². The summed E-state index contributed by atoms with van der Waals surface area (Å²) < 4.78 is 26.8. The number of sulfonamides is 1. The highest BCUT2D eigenvalue weighted by molar-refractivity contribution is 7.95. The largest absolute Gasteiger partial charge is 0.478 e. The van der Waals surface area contributed by atoms with E-state index in [1.807, 2.05) is 25.1 Å². The zero-order chi connectivity index (χ0) is 16.9. The maximum Gasteiger partial charge on any atom is 0.335 e. The van der Waals surface area contributed by atoms with Gasteiger partial charge in [0, 0.05) is 0 Å². The van der Waals surface area contributed by atoms with Crippen molar-refractivity contribution in [2.24, 2.45) is 0 Å². The second-order valence-corrected chi connectivity index (χ2v) is 6.46. The highest BCUT2D eigenvalue weighted by Crippen LogP contribution is 2.20. The van der Waals surface area contributed by atoms with Crippen LogP contribution in [0.2, 0.25) is 0 Å². The fourth-order valence-electron chi connectivity index (χ4n) is 2.03. The van der Waals surface area contributed by atoms with Gasteiger partial charge in [-0.2, -0.15) is 0 Å². The number of rotatable bonds is 6. The Hall–Kier alpha value is -2.60. The molecule has 0 heterocycles. The monoisotopic (exact) mass is 331 g/mol. The van der Waals surface area contributed by atoms with Gasteiger partial charge in [-0.05, 0) is 35.8 Å². The van der Waals surface area contributed by atoms with Crippen LogP contribution in [0.5, 0.6) is 0 Å². The normalized spacial score (nSPS) is 11.5. The molecule has 0 atom stereocenters. The highest BCUT2D eigenvalue weighted by Gasteiger charge is 2.12. The van der Waals surface area contributed by atoms with Gasteiger partial charge in [0.15, 0.2) is 0 Å². The molecule has 0 aliphatic heterocycles. The Balaban J connectivity index is 2.28. The molecule has 0 unspecified atom stereocenters. The zero-order valence-electron chi connectivity index (χ0n) is 12.6. The molecule has 0 amide bonds. The molecule has 23 heavy (non-hydrogen) atoms. The van der Waals surface area contributed by atoms with Gasteiger partial charge < -0.3 is 5.11 Å². The number of aromatic carboxylic acids is 1. The lowest BCUT2D eigenvalue weighted by molar-refractivity contribution is 0.0697. The van der Waals surface area contributed by atoms with Crippen LogP contribution in [0.25, 0.3) is 6.08 Å². The van der Waals surface area contributed by atoms with Crippen molar-refractivity contribution >= 4 is 27.8 Å². The molecule has 2 N–H and O–H groups in total. The summed E-state index contributed by atoms with van der Waals surface area (Å²) in [4.78, 5) is 11.0. The first-order chi connectivity index (χ1) is 10.9. The summed E-state index contributed by atoms with van der Waals surface area (Å²) in [5.41, 5.74) is 1.80. The fraction of sp³-hybridized carbons (Fsp3) is 0.118. The van der Waals surface area contributed by atoms with Gasteiger partial charge in [0.05, 0.1) is 16.7 Å². The van der Waals surface area contributed by atoms with Gasteiger partial charge in [-0.25, -0.2) is 13.2 Å². The minimum Gasteiger partial charge on any atom is -0.478 e. The van der Waals surface area contributed by atoms with Crippen LogP contribution in [0.4, 0.5) is 5.69 Å². The van der Waals surface area contributed by atoms with E-state index in [4.69, 9.17) is 5.11 Å². The number of carboxylic acids is 1. The van der Waals surface area contributed by atoms with E-state index >= 15 is 0 Å². The molecule has 0 saturated heterocycles. The lowest BCUT2D eigenvalue weighted by Gasteiger charge is -2.10. The standard InChI is InChI=1S/C17H17NO4S/c1-2-14-8-9-15(17(19)20)12-16(14)18-23(21,22)11-10-13-6-4-3-5-7-13/h3-12,18H,2H2,1H3,(H,19,20). The first-order valence-electron chi connectivity index (χ1n) is 7.03. The molecule has 0 fully saturated rings. The van der Waals surface area contributed by atoms with E-state index in [-0.39, 0.29) is 11.3 Å². The van der Waals surface area contributed by atoms with Gasteiger partial charge in [0.2, 0.25) is 0 Å². The van der Waals surface area contributed by atoms with E-state index in [0.29, 0.717) is 6.42 Å². The van der Waals surface area contributed by atoms with Crippen LogP contribution in [0.1, 0.15) is 28.4 Å². The molecular formula is C17H17NO4S. The lowest BCUT2D eigenvalue weighted by Crippen LogP contribution is -2.11. The molecule has 2 aromatic carbocycles. The topological polar surface area (TPSA) is 83.5 Å². The maximum atomic E-state index is 12.2. The summed E-state index contributed by atoms with van der Waals surface area (Å²) in [5.74, 6) is -1.10. The van der Waals surface area contributed by atoms with E-state index in [2.05, 4.69) is 4.72 Å². The van der Waals surface area contributed by atoms with Crippen molar-refractivity contribution in [3.8, 4) is 0 Å². The summed E-state index contributed by atoms with van der Waals surface area (Å²) in [6.45, 7) is 1.87. The van der Waals surface area contributed by atoms with E-state index in [0.717, 1.165) is 16.5 Å². The van der Waals surface area contributed by atoms with E-state index < -0.39 is 16.0 Å². The number of carbonyl (C=O) groups is 1. The van der Waals surface area contributed by atoms with E-state index in [1.165, 1.54) is 18.2 Å². The molecule has 0 aliphatic carbocycles. The summed E-state index contributed by atoms with van der Waals surface area (Å²) in [5, 5.41) is 10.1. The molecule has 0 radical (unpaired) electrons. The van der Waals surface area contributed by atoms with Crippen molar-refractivity contribution in [3.63, 3.8) is 0 Å². The molecule has 0 aliphatic rings. The number of benzene rings is 2. The number of hydrogen-bond acceptors (Lipinski definition) is 3. The van der Waals surface area contributed by atoms with E-state index in [1.54, 1.807) is 18.2 Å². The van der Waals surface area contributed by atoms with Gasteiger partial charge in [-0.3, -0.25) is 4.72 Å². The summed E-state index contributed by atoms with van der Waals surface area (Å²) in [6, 6.07) is 13.4.